The van der Waals surface area contributed by atoms with Crippen molar-refractivity contribution in [2.24, 2.45) is 7.05 Å². The molecule has 0 bridgehead atoms. The summed E-state index contributed by atoms with van der Waals surface area (Å²) in [6, 6.07) is 11.8. The van der Waals surface area contributed by atoms with E-state index in [1.807, 2.05) is 31.2 Å². The number of benzene rings is 2. The van der Waals surface area contributed by atoms with Gasteiger partial charge in [0.25, 0.3) is 0 Å². The van der Waals surface area contributed by atoms with Crippen molar-refractivity contribution >= 4 is 52.5 Å². The van der Waals surface area contributed by atoms with Gasteiger partial charge in [-0.15, -0.1) is 10.2 Å². The quantitative estimate of drug-likeness (QED) is 0.419. The van der Waals surface area contributed by atoms with E-state index < -0.39 is 0 Å². The second kappa shape index (κ2) is 11.4. The van der Waals surface area contributed by atoms with Crippen LogP contribution in [0.2, 0.25) is 10.0 Å². The third-order valence-corrected chi connectivity index (χ3v) is 6.26. The first-order valence-corrected chi connectivity index (χ1v) is 11.7. The number of hydrogen-bond donors (Lipinski definition) is 2. The van der Waals surface area contributed by atoms with Crippen LogP contribution in [0.5, 0.6) is 5.75 Å². The van der Waals surface area contributed by atoms with Gasteiger partial charge < -0.3 is 19.9 Å². The summed E-state index contributed by atoms with van der Waals surface area (Å²) in [7, 11) is 3.39. The lowest BCUT2D eigenvalue weighted by molar-refractivity contribution is -0.121. The van der Waals surface area contributed by atoms with Crippen molar-refractivity contribution in [3.63, 3.8) is 0 Å². The molecule has 1 aromatic heterocycles. The summed E-state index contributed by atoms with van der Waals surface area (Å²) in [5.74, 6) is 1.06. The molecule has 3 aromatic rings. The number of carbonyl (C=O) groups is 2. The van der Waals surface area contributed by atoms with Crippen LogP contribution in [0.1, 0.15) is 24.4 Å². The van der Waals surface area contributed by atoms with E-state index in [2.05, 4.69) is 20.8 Å². The maximum absolute atomic E-state index is 12.4. The van der Waals surface area contributed by atoms with Crippen molar-refractivity contribution in [1.82, 2.24) is 20.1 Å². The van der Waals surface area contributed by atoms with Crippen molar-refractivity contribution in [3.05, 3.63) is 63.9 Å². The van der Waals surface area contributed by atoms with Gasteiger partial charge in [0, 0.05) is 12.1 Å². The molecule has 0 aliphatic rings. The fraction of sp³-hybridized carbons (Fsp3) is 0.273. The fourth-order valence-corrected chi connectivity index (χ4v) is 4.20. The van der Waals surface area contributed by atoms with Crippen molar-refractivity contribution in [3.8, 4) is 5.75 Å². The second-order valence-corrected chi connectivity index (χ2v) is 8.96. The number of methoxy groups -OCH3 is 1. The number of aromatic nitrogens is 3. The summed E-state index contributed by atoms with van der Waals surface area (Å²) >= 11 is 13.2. The topological polar surface area (TPSA) is 98.1 Å². The highest BCUT2D eigenvalue weighted by Crippen LogP contribution is 2.26. The van der Waals surface area contributed by atoms with E-state index in [-0.39, 0.29) is 30.0 Å². The molecule has 11 heteroatoms. The van der Waals surface area contributed by atoms with Gasteiger partial charge in [-0.25, -0.2) is 0 Å². The van der Waals surface area contributed by atoms with Gasteiger partial charge in [-0.1, -0.05) is 47.1 Å². The van der Waals surface area contributed by atoms with Crippen LogP contribution >= 0.6 is 35.0 Å². The normalized spacial score (nSPS) is 11.7. The summed E-state index contributed by atoms with van der Waals surface area (Å²) in [6.45, 7) is 1.83. The number of anilines is 1. The summed E-state index contributed by atoms with van der Waals surface area (Å²) in [5, 5.41) is 15.4. The highest BCUT2D eigenvalue weighted by molar-refractivity contribution is 7.99. The third kappa shape index (κ3) is 6.86. The Hall–Kier alpha value is -2.75. The van der Waals surface area contributed by atoms with Crippen LogP contribution in [-0.2, 0) is 23.1 Å². The molecule has 2 aromatic carbocycles. The smallest absolute Gasteiger partial charge is 0.234 e. The minimum atomic E-state index is -0.357. The van der Waals surface area contributed by atoms with Crippen molar-refractivity contribution in [2.75, 3.05) is 18.2 Å². The minimum Gasteiger partial charge on any atom is -0.497 e. The van der Waals surface area contributed by atoms with Crippen LogP contribution in [0.25, 0.3) is 0 Å². The number of nitrogens with one attached hydrogen (secondary N) is 2. The zero-order valence-electron chi connectivity index (χ0n) is 18.3. The predicted octanol–water partition coefficient (Wildman–Crippen LogP) is 4.28. The van der Waals surface area contributed by atoms with Crippen molar-refractivity contribution < 1.29 is 14.3 Å². The number of hydrogen-bond acceptors (Lipinski definition) is 6. The molecule has 0 unspecified atom stereocenters. The van der Waals surface area contributed by atoms with Crippen LogP contribution in [0.15, 0.2) is 47.6 Å². The molecule has 0 saturated heterocycles. The molecule has 33 heavy (non-hydrogen) atoms. The first-order chi connectivity index (χ1) is 15.8. The molecule has 8 nitrogen and oxygen atoms in total. The van der Waals surface area contributed by atoms with Gasteiger partial charge >= 0.3 is 0 Å². The van der Waals surface area contributed by atoms with E-state index in [1.165, 1.54) is 11.8 Å². The van der Waals surface area contributed by atoms with Crippen LogP contribution in [-0.4, -0.2) is 39.4 Å². The number of ether oxygens (including phenoxy) is 1. The number of carbonyl (C=O) groups excluding carboxylic acids is 2. The zero-order chi connectivity index (χ0) is 24.0. The molecule has 2 amide bonds. The van der Waals surface area contributed by atoms with Gasteiger partial charge in [0.1, 0.15) is 5.75 Å². The second-order valence-electron chi connectivity index (χ2n) is 7.17. The molecule has 0 saturated carbocycles. The van der Waals surface area contributed by atoms with E-state index >= 15 is 0 Å². The molecule has 0 aliphatic heterocycles. The molecule has 0 aliphatic carbocycles. The lowest BCUT2D eigenvalue weighted by Crippen LogP contribution is -2.29. The minimum absolute atomic E-state index is 0.114. The van der Waals surface area contributed by atoms with Crippen LogP contribution in [0.3, 0.4) is 0 Å². The van der Waals surface area contributed by atoms with Gasteiger partial charge in [-0.3, -0.25) is 9.59 Å². The molecule has 2 N–H and O–H groups in total. The molecule has 1 atom stereocenters. The predicted molar refractivity (Wildman–Crippen MR) is 130 cm³/mol. The Morgan fingerprint density at radius 1 is 1.12 bits per heavy atom. The average molecular weight is 508 g/mol. The molecule has 0 spiro atoms. The molecule has 174 valence electrons. The Morgan fingerprint density at radius 2 is 1.85 bits per heavy atom. The maximum atomic E-state index is 12.4. The third-order valence-electron chi connectivity index (χ3n) is 4.69. The van der Waals surface area contributed by atoms with Crippen molar-refractivity contribution in [1.29, 1.82) is 0 Å². The average Bonchev–Trinajstić information content (AvgIpc) is 3.15. The number of rotatable bonds is 9. The molecular formula is C22H23Cl2N5O3S. The largest absolute Gasteiger partial charge is 0.497 e. The number of nitrogens with zero attached hydrogens (tertiary/aromatic N) is 3. The Bertz CT molecular complexity index is 1140. The fourth-order valence-electron chi connectivity index (χ4n) is 3.02. The summed E-state index contributed by atoms with van der Waals surface area (Å²) in [6.07, 6.45) is 0.237. The van der Waals surface area contributed by atoms with Gasteiger partial charge in [-0.2, -0.15) is 0 Å². The maximum Gasteiger partial charge on any atom is 0.234 e. The van der Waals surface area contributed by atoms with E-state index in [9.17, 15) is 9.59 Å². The zero-order valence-corrected chi connectivity index (χ0v) is 20.6. The van der Waals surface area contributed by atoms with E-state index in [0.717, 1.165) is 11.3 Å². The molecule has 0 fully saturated rings. The van der Waals surface area contributed by atoms with Gasteiger partial charge in [0.05, 0.1) is 36.0 Å². The molecule has 1 heterocycles. The van der Waals surface area contributed by atoms with Crippen LogP contribution < -0.4 is 15.4 Å². The van der Waals surface area contributed by atoms with Crippen LogP contribution in [0, 0.1) is 0 Å². The standard InChI is InChI=1S/C22H23Cl2N5O3S/c1-13(25-19(30)10-14-4-7-16(32-3)8-5-14)21-27-28-22(29(21)2)33-12-20(31)26-18-9-6-15(23)11-17(18)24/h4-9,11,13H,10,12H2,1-3H3,(H,25,30)(H,26,31)/t13-/m0/s1. The number of amides is 2. The Morgan fingerprint density at radius 3 is 2.52 bits per heavy atom. The molecule has 0 radical (unpaired) electrons. The summed E-state index contributed by atoms with van der Waals surface area (Å²) < 4.78 is 6.89. The highest BCUT2D eigenvalue weighted by Gasteiger charge is 2.19. The molecule has 3 rings (SSSR count). The van der Waals surface area contributed by atoms with E-state index in [4.69, 9.17) is 27.9 Å². The summed E-state index contributed by atoms with van der Waals surface area (Å²) in [4.78, 5) is 24.7. The van der Waals surface area contributed by atoms with E-state index in [0.29, 0.717) is 26.7 Å². The molecular weight excluding hydrogens is 485 g/mol. The highest BCUT2D eigenvalue weighted by atomic mass is 35.5. The number of thioether (sulfide) groups is 1. The van der Waals surface area contributed by atoms with Crippen LogP contribution in [0.4, 0.5) is 5.69 Å². The summed E-state index contributed by atoms with van der Waals surface area (Å²) in [5.41, 5.74) is 1.36. The van der Waals surface area contributed by atoms with Crippen molar-refractivity contribution in [2.45, 2.75) is 24.5 Å². The van der Waals surface area contributed by atoms with Gasteiger partial charge in [0.2, 0.25) is 11.8 Å². The SMILES string of the molecule is COc1ccc(CC(=O)N[C@@H](C)c2nnc(SCC(=O)Nc3ccc(Cl)cc3Cl)n2C)cc1. The number of halogens is 2. The van der Waals surface area contributed by atoms with Gasteiger partial charge in [-0.05, 0) is 42.8 Å². The lowest BCUT2D eigenvalue weighted by Gasteiger charge is -2.14. The Labute approximate surface area is 206 Å². The Balaban J connectivity index is 1.53. The monoisotopic (exact) mass is 507 g/mol. The first-order valence-electron chi connectivity index (χ1n) is 9.96. The van der Waals surface area contributed by atoms with E-state index in [1.54, 1.807) is 36.9 Å². The Kier molecular flexibility index (Phi) is 8.60. The lowest BCUT2D eigenvalue weighted by atomic mass is 10.1. The first kappa shape index (κ1) is 24.9. The van der Waals surface area contributed by atoms with Gasteiger partial charge in [0.15, 0.2) is 11.0 Å².